The van der Waals surface area contributed by atoms with E-state index < -0.39 is 0 Å². The summed E-state index contributed by atoms with van der Waals surface area (Å²) in [5.41, 5.74) is 5.26. The van der Waals surface area contributed by atoms with Crippen molar-refractivity contribution in [1.82, 2.24) is 10.2 Å². The standard InChI is InChI=1S/C24H24N4O2S/c1-5-19(21(14-25-4)20-9-7-6-8-17(20)3)22(29)26-23-27-28-24(31-23)30-15-18-12-10-16(2)11-13-18/h5-14H,1,15H2,2-4H3,(H,26,27,29)/b21-19-,25-14?. The Bertz CT molecular complexity index is 1130. The second-order valence-corrected chi connectivity index (χ2v) is 7.78. The molecule has 2 aromatic carbocycles. The van der Waals surface area contributed by atoms with E-state index in [1.807, 2.05) is 62.4 Å². The van der Waals surface area contributed by atoms with Gasteiger partial charge >= 0.3 is 0 Å². The Kier molecular flexibility index (Phi) is 7.45. The van der Waals surface area contributed by atoms with Crippen molar-refractivity contribution in [2.24, 2.45) is 4.99 Å². The monoisotopic (exact) mass is 432 g/mol. The predicted molar refractivity (Wildman–Crippen MR) is 127 cm³/mol. The summed E-state index contributed by atoms with van der Waals surface area (Å²) >= 11 is 1.17. The molecule has 1 N–H and O–H groups in total. The van der Waals surface area contributed by atoms with Gasteiger partial charge in [0, 0.05) is 24.4 Å². The summed E-state index contributed by atoms with van der Waals surface area (Å²) in [7, 11) is 1.67. The van der Waals surface area contributed by atoms with Crippen molar-refractivity contribution in [1.29, 1.82) is 0 Å². The van der Waals surface area contributed by atoms with Crippen LogP contribution in [0.5, 0.6) is 5.19 Å². The number of carbonyl (C=O) groups is 1. The molecule has 1 aromatic heterocycles. The van der Waals surface area contributed by atoms with Gasteiger partial charge in [-0.2, -0.15) is 0 Å². The first-order chi connectivity index (χ1) is 15.0. The van der Waals surface area contributed by atoms with E-state index in [0.717, 1.165) is 16.7 Å². The summed E-state index contributed by atoms with van der Waals surface area (Å²) in [5.74, 6) is -0.339. The lowest BCUT2D eigenvalue weighted by Crippen LogP contribution is -2.15. The number of aryl methyl sites for hydroxylation is 2. The van der Waals surface area contributed by atoms with E-state index in [-0.39, 0.29) is 5.91 Å². The molecule has 0 saturated heterocycles. The number of aliphatic imine (C=N–C) groups is 1. The average molecular weight is 433 g/mol. The molecule has 0 saturated carbocycles. The molecule has 1 amide bonds. The molecule has 0 aliphatic carbocycles. The summed E-state index contributed by atoms with van der Waals surface area (Å²) < 4.78 is 5.69. The number of benzene rings is 2. The molecule has 3 aromatic rings. The minimum Gasteiger partial charge on any atom is -0.464 e. The molecule has 0 unspecified atom stereocenters. The maximum atomic E-state index is 13.0. The molecule has 0 aliphatic heterocycles. The number of anilines is 1. The Balaban J connectivity index is 1.76. The van der Waals surface area contributed by atoms with Crippen molar-refractivity contribution < 1.29 is 9.53 Å². The quantitative estimate of drug-likeness (QED) is 0.308. The number of amides is 1. The van der Waals surface area contributed by atoms with Gasteiger partial charge in [-0.05, 0) is 41.9 Å². The fourth-order valence-electron chi connectivity index (χ4n) is 2.93. The van der Waals surface area contributed by atoms with E-state index in [4.69, 9.17) is 4.74 Å². The van der Waals surface area contributed by atoms with Crippen LogP contribution in [0, 0.1) is 13.8 Å². The number of hydrogen-bond acceptors (Lipinski definition) is 6. The zero-order valence-electron chi connectivity index (χ0n) is 17.8. The van der Waals surface area contributed by atoms with Gasteiger partial charge in [-0.25, -0.2) is 0 Å². The SMILES string of the molecule is C=C/C(C(=O)Nc1nnc(OCc2ccc(C)cc2)s1)=C(\C=NC)c1ccccc1C. The van der Waals surface area contributed by atoms with E-state index >= 15 is 0 Å². The van der Waals surface area contributed by atoms with Crippen LogP contribution in [-0.2, 0) is 11.4 Å². The first-order valence-electron chi connectivity index (χ1n) is 9.70. The van der Waals surface area contributed by atoms with Gasteiger partial charge in [0.1, 0.15) is 6.61 Å². The molecular weight excluding hydrogens is 408 g/mol. The number of nitrogens with zero attached hydrogens (tertiary/aromatic N) is 3. The van der Waals surface area contributed by atoms with Gasteiger partial charge < -0.3 is 4.74 Å². The predicted octanol–water partition coefficient (Wildman–Crippen LogP) is 5.01. The van der Waals surface area contributed by atoms with Crippen molar-refractivity contribution >= 4 is 34.2 Å². The van der Waals surface area contributed by atoms with E-state index in [9.17, 15) is 4.79 Å². The van der Waals surface area contributed by atoms with Gasteiger partial charge in [-0.1, -0.05) is 71.8 Å². The zero-order chi connectivity index (χ0) is 22.2. The van der Waals surface area contributed by atoms with Crippen LogP contribution >= 0.6 is 11.3 Å². The molecule has 0 spiro atoms. The molecule has 6 nitrogen and oxygen atoms in total. The molecule has 158 valence electrons. The fraction of sp³-hybridized carbons (Fsp3) is 0.167. The smallest absolute Gasteiger partial charge is 0.296 e. The minimum absolute atomic E-state index is 0.339. The lowest BCUT2D eigenvalue weighted by Gasteiger charge is -2.11. The highest BCUT2D eigenvalue weighted by molar-refractivity contribution is 7.17. The van der Waals surface area contributed by atoms with Crippen LogP contribution in [0.4, 0.5) is 5.13 Å². The van der Waals surface area contributed by atoms with Crippen LogP contribution in [0.3, 0.4) is 0 Å². The Morgan fingerprint density at radius 2 is 1.90 bits per heavy atom. The third-order valence-electron chi connectivity index (χ3n) is 4.54. The van der Waals surface area contributed by atoms with Crippen molar-refractivity contribution in [3.63, 3.8) is 0 Å². The number of ether oxygens (including phenoxy) is 1. The van der Waals surface area contributed by atoms with Gasteiger partial charge in [-0.15, -0.1) is 5.10 Å². The maximum Gasteiger partial charge on any atom is 0.296 e. The highest BCUT2D eigenvalue weighted by atomic mass is 32.1. The van der Waals surface area contributed by atoms with Gasteiger partial charge in [0.2, 0.25) is 5.13 Å². The first-order valence-corrected chi connectivity index (χ1v) is 10.5. The molecule has 0 bridgehead atoms. The lowest BCUT2D eigenvalue weighted by atomic mass is 9.96. The van der Waals surface area contributed by atoms with Crippen LogP contribution < -0.4 is 10.1 Å². The Hall–Kier alpha value is -3.58. The van der Waals surface area contributed by atoms with Crippen LogP contribution in [0.25, 0.3) is 5.57 Å². The van der Waals surface area contributed by atoms with Crippen molar-refractivity contribution in [3.8, 4) is 5.19 Å². The van der Waals surface area contributed by atoms with E-state index in [1.165, 1.54) is 23.0 Å². The summed E-state index contributed by atoms with van der Waals surface area (Å²) in [6.07, 6.45) is 3.18. The Labute approximate surface area is 186 Å². The highest BCUT2D eigenvalue weighted by Gasteiger charge is 2.17. The normalized spacial score (nSPS) is 11.8. The molecule has 0 atom stereocenters. The first kappa shape index (κ1) is 22.1. The van der Waals surface area contributed by atoms with Gasteiger partial charge in [0.05, 0.1) is 0 Å². The molecule has 0 aliphatic rings. The number of nitrogens with one attached hydrogen (secondary N) is 1. The Morgan fingerprint density at radius 1 is 1.16 bits per heavy atom. The number of hydrogen-bond donors (Lipinski definition) is 1. The summed E-state index contributed by atoms with van der Waals surface area (Å²) in [5, 5.41) is 11.5. The second-order valence-electron chi connectivity index (χ2n) is 6.84. The van der Waals surface area contributed by atoms with Crippen molar-refractivity contribution in [3.05, 3.63) is 89.0 Å². The summed E-state index contributed by atoms with van der Waals surface area (Å²) in [6.45, 7) is 8.22. The largest absolute Gasteiger partial charge is 0.464 e. The second kappa shape index (κ2) is 10.4. The highest BCUT2D eigenvalue weighted by Crippen LogP contribution is 2.26. The lowest BCUT2D eigenvalue weighted by molar-refractivity contribution is -0.112. The van der Waals surface area contributed by atoms with Crippen LogP contribution in [0.2, 0.25) is 0 Å². The zero-order valence-corrected chi connectivity index (χ0v) is 18.6. The number of rotatable bonds is 8. The van der Waals surface area contributed by atoms with Crippen LogP contribution in [0.15, 0.2) is 71.8 Å². The molecule has 1 heterocycles. The number of carbonyl (C=O) groups excluding carboxylic acids is 1. The summed E-state index contributed by atoms with van der Waals surface area (Å²) in [6, 6.07) is 15.9. The number of aromatic nitrogens is 2. The topological polar surface area (TPSA) is 76.5 Å². The van der Waals surface area contributed by atoms with Crippen molar-refractivity contribution in [2.75, 3.05) is 12.4 Å². The summed E-state index contributed by atoms with van der Waals surface area (Å²) in [4.78, 5) is 17.1. The van der Waals surface area contributed by atoms with Crippen molar-refractivity contribution in [2.45, 2.75) is 20.5 Å². The molecule has 7 heteroatoms. The number of allylic oxidation sites excluding steroid dienone is 1. The van der Waals surface area contributed by atoms with E-state index in [2.05, 4.69) is 27.1 Å². The average Bonchev–Trinajstić information content (AvgIpc) is 3.21. The molecule has 0 radical (unpaired) electrons. The maximum absolute atomic E-state index is 13.0. The third-order valence-corrected chi connectivity index (χ3v) is 5.29. The molecule has 31 heavy (non-hydrogen) atoms. The Morgan fingerprint density at radius 3 is 2.58 bits per heavy atom. The van der Waals surface area contributed by atoms with Gasteiger partial charge in [-0.3, -0.25) is 15.1 Å². The molecule has 3 rings (SSSR count). The minimum atomic E-state index is -0.339. The van der Waals surface area contributed by atoms with E-state index in [1.54, 1.807) is 13.3 Å². The van der Waals surface area contributed by atoms with Gasteiger partial charge in [0.25, 0.3) is 11.1 Å². The van der Waals surface area contributed by atoms with Gasteiger partial charge in [0.15, 0.2) is 0 Å². The fourth-order valence-corrected chi connectivity index (χ4v) is 3.52. The third kappa shape index (κ3) is 5.73. The van der Waals surface area contributed by atoms with Crippen LogP contribution in [-0.4, -0.2) is 29.4 Å². The van der Waals surface area contributed by atoms with Crippen LogP contribution in [0.1, 0.15) is 22.3 Å². The molecular formula is C24H24N4O2S. The molecule has 0 fully saturated rings. The van der Waals surface area contributed by atoms with E-state index in [0.29, 0.717) is 28.1 Å².